The predicted molar refractivity (Wildman–Crippen MR) is 133 cm³/mol. The number of nitrogens with zero attached hydrogens (tertiary/aromatic N) is 3. The van der Waals surface area contributed by atoms with Crippen LogP contribution in [0.3, 0.4) is 0 Å². The van der Waals surface area contributed by atoms with E-state index in [1.165, 1.54) is 6.07 Å². The van der Waals surface area contributed by atoms with Crippen molar-refractivity contribution in [1.29, 1.82) is 0 Å². The maximum atomic E-state index is 13.5. The molecule has 0 N–H and O–H groups in total. The normalized spacial score (nSPS) is 21.4. The van der Waals surface area contributed by atoms with Crippen LogP contribution in [-0.4, -0.2) is 80.0 Å². The Morgan fingerprint density at radius 2 is 1.69 bits per heavy atom. The number of likely N-dealkylation sites (tertiary alicyclic amines) is 1. The van der Waals surface area contributed by atoms with Crippen molar-refractivity contribution in [3.63, 3.8) is 0 Å². The molecule has 1 atom stereocenters. The van der Waals surface area contributed by atoms with Gasteiger partial charge in [-0.15, -0.1) is 0 Å². The fourth-order valence-corrected chi connectivity index (χ4v) is 5.79. The third kappa shape index (κ3) is 4.91. The summed E-state index contributed by atoms with van der Waals surface area (Å²) in [6.07, 6.45) is 2.63. The molecule has 7 nitrogen and oxygen atoms in total. The Hall–Kier alpha value is -3.13. The highest BCUT2D eigenvalue weighted by Crippen LogP contribution is 2.60. The number of rotatable bonds is 6. The van der Waals surface area contributed by atoms with Crippen LogP contribution in [-0.2, 0) is 11.3 Å². The first kappa shape index (κ1) is 24.6. The quantitative estimate of drug-likeness (QED) is 0.615. The molecule has 8 heteroatoms. The van der Waals surface area contributed by atoms with Gasteiger partial charge in [-0.2, -0.15) is 0 Å². The molecule has 5 rings (SSSR count). The predicted octanol–water partition coefficient (Wildman–Crippen LogP) is 3.43. The zero-order valence-corrected chi connectivity index (χ0v) is 21.0. The van der Waals surface area contributed by atoms with Gasteiger partial charge in [0.25, 0.3) is 5.91 Å². The molecule has 0 bridgehead atoms. The monoisotopic (exact) mass is 495 g/mol. The van der Waals surface area contributed by atoms with Crippen molar-refractivity contribution in [3.8, 4) is 11.5 Å². The van der Waals surface area contributed by atoms with E-state index < -0.39 is 0 Å². The molecule has 2 aromatic carbocycles. The van der Waals surface area contributed by atoms with Crippen molar-refractivity contribution in [2.45, 2.75) is 25.8 Å². The van der Waals surface area contributed by atoms with Gasteiger partial charge in [-0.1, -0.05) is 12.1 Å². The number of halogens is 1. The van der Waals surface area contributed by atoms with Crippen LogP contribution in [0.25, 0.3) is 0 Å². The van der Waals surface area contributed by atoms with Gasteiger partial charge in [-0.3, -0.25) is 14.5 Å². The van der Waals surface area contributed by atoms with Gasteiger partial charge in [0.05, 0.1) is 19.8 Å². The Morgan fingerprint density at radius 3 is 2.36 bits per heavy atom. The molecule has 2 heterocycles. The van der Waals surface area contributed by atoms with Gasteiger partial charge in [0.2, 0.25) is 5.91 Å². The summed E-state index contributed by atoms with van der Waals surface area (Å²) < 4.78 is 24.1. The number of benzene rings is 2. The number of piperazine rings is 1. The topological polar surface area (TPSA) is 62.3 Å². The van der Waals surface area contributed by atoms with Crippen molar-refractivity contribution in [2.24, 2.45) is 11.3 Å². The van der Waals surface area contributed by atoms with E-state index >= 15 is 0 Å². The van der Waals surface area contributed by atoms with Gasteiger partial charge in [-0.25, -0.2) is 4.39 Å². The number of carbonyl (C=O) groups excluding carboxylic acids is 2. The Balaban J connectivity index is 1.11. The van der Waals surface area contributed by atoms with Crippen molar-refractivity contribution in [3.05, 3.63) is 59.4 Å². The van der Waals surface area contributed by atoms with E-state index in [2.05, 4.69) is 4.90 Å². The summed E-state index contributed by atoms with van der Waals surface area (Å²) in [6, 6.07) is 12.0. The van der Waals surface area contributed by atoms with Crippen LogP contribution in [0.4, 0.5) is 4.39 Å². The largest absolute Gasteiger partial charge is 0.497 e. The maximum absolute atomic E-state index is 13.5. The van der Waals surface area contributed by atoms with E-state index in [4.69, 9.17) is 9.47 Å². The number of ether oxygens (including phenoxy) is 2. The van der Waals surface area contributed by atoms with Crippen LogP contribution in [0.1, 0.15) is 35.2 Å². The first-order valence-corrected chi connectivity index (χ1v) is 12.7. The van der Waals surface area contributed by atoms with E-state index in [1.807, 2.05) is 15.9 Å². The van der Waals surface area contributed by atoms with E-state index in [9.17, 15) is 14.0 Å². The maximum Gasteiger partial charge on any atom is 0.257 e. The highest BCUT2D eigenvalue weighted by Gasteiger charge is 2.59. The molecule has 1 saturated carbocycles. The number of hydrogen-bond donors (Lipinski definition) is 0. The SMILES string of the molecule is COc1ccc(C(=O)N2CCC3(CC2)C[C@@H]3C(=O)N2CCN(Cc3cccc(F)c3)CC2)c(OC)c1. The first-order chi connectivity index (χ1) is 17.4. The minimum Gasteiger partial charge on any atom is -0.497 e. The number of piperidine rings is 1. The van der Waals surface area contributed by atoms with Crippen LogP contribution < -0.4 is 9.47 Å². The van der Waals surface area contributed by atoms with E-state index in [0.29, 0.717) is 49.8 Å². The molecular formula is C28H34FN3O4. The lowest BCUT2D eigenvalue weighted by atomic mass is 9.90. The fraction of sp³-hybridized carbons (Fsp3) is 0.500. The summed E-state index contributed by atoms with van der Waals surface area (Å²) in [4.78, 5) is 32.6. The molecule has 2 aliphatic heterocycles. The highest BCUT2D eigenvalue weighted by atomic mass is 19.1. The average molecular weight is 496 g/mol. The summed E-state index contributed by atoms with van der Waals surface area (Å²) in [7, 11) is 3.14. The minimum atomic E-state index is -0.212. The Morgan fingerprint density at radius 1 is 0.944 bits per heavy atom. The molecular weight excluding hydrogens is 461 g/mol. The zero-order chi connectivity index (χ0) is 25.3. The highest BCUT2D eigenvalue weighted by molar-refractivity contribution is 5.97. The van der Waals surface area contributed by atoms with Gasteiger partial charge in [0.1, 0.15) is 17.3 Å². The second-order valence-electron chi connectivity index (χ2n) is 10.2. The van der Waals surface area contributed by atoms with Crippen molar-refractivity contribution in [1.82, 2.24) is 14.7 Å². The Kier molecular flexibility index (Phi) is 6.88. The van der Waals surface area contributed by atoms with Gasteiger partial charge in [-0.05, 0) is 54.5 Å². The van der Waals surface area contributed by atoms with Crippen molar-refractivity contribution in [2.75, 3.05) is 53.5 Å². The first-order valence-electron chi connectivity index (χ1n) is 12.7. The molecule has 1 aliphatic carbocycles. The van der Waals surface area contributed by atoms with Crippen LogP contribution in [0.5, 0.6) is 11.5 Å². The molecule has 1 spiro atoms. The molecule has 2 aromatic rings. The standard InChI is InChI=1S/C28H34FN3O4/c1-35-22-6-7-23(25(17-22)36-2)26(33)31-10-8-28(9-11-31)18-24(28)27(34)32-14-12-30(13-15-32)19-20-4-3-5-21(29)16-20/h3-7,16-17,24H,8-15,18-19H2,1-2H3/t24-/m1/s1. The average Bonchev–Trinajstić information content (AvgIpc) is 3.61. The summed E-state index contributed by atoms with van der Waals surface area (Å²) >= 11 is 0. The van der Waals surface area contributed by atoms with Gasteiger partial charge >= 0.3 is 0 Å². The Labute approximate surface area is 211 Å². The molecule has 2 amide bonds. The smallest absolute Gasteiger partial charge is 0.257 e. The molecule has 0 aromatic heterocycles. The van der Waals surface area contributed by atoms with E-state index in [1.54, 1.807) is 44.6 Å². The number of carbonyl (C=O) groups is 2. The second kappa shape index (κ2) is 10.1. The second-order valence-corrected chi connectivity index (χ2v) is 10.2. The molecule has 3 aliphatic rings. The van der Waals surface area contributed by atoms with Gasteiger partial charge in [0, 0.05) is 57.8 Å². The molecule has 2 saturated heterocycles. The fourth-order valence-electron chi connectivity index (χ4n) is 5.79. The van der Waals surface area contributed by atoms with Crippen LogP contribution >= 0.6 is 0 Å². The van der Waals surface area contributed by atoms with Gasteiger partial charge in [0.15, 0.2) is 0 Å². The lowest BCUT2D eigenvalue weighted by Crippen LogP contribution is -2.49. The molecule has 36 heavy (non-hydrogen) atoms. The zero-order valence-electron chi connectivity index (χ0n) is 21.0. The molecule has 0 unspecified atom stereocenters. The van der Waals surface area contributed by atoms with Crippen molar-refractivity contribution >= 4 is 11.8 Å². The number of amides is 2. The summed E-state index contributed by atoms with van der Waals surface area (Å²) in [5.41, 5.74) is 1.54. The van der Waals surface area contributed by atoms with Gasteiger partial charge < -0.3 is 19.3 Å². The number of methoxy groups -OCH3 is 2. The van der Waals surface area contributed by atoms with Crippen LogP contribution in [0, 0.1) is 17.2 Å². The third-order valence-electron chi connectivity index (χ3n) is 8.15. The van der Waals surface area contributed by atoms with Crippen LogP contribution in [0.2, 0.25) is 0 Å². The lowest BCUT2D eigenvalue weighted by molar-refractivity contribution is -0.135. The number of hydrogen-bond acceptors (Lipinski definition) is 5. The summed E-state index contributed by atoms with van der Waals surface area (Å²) in [5.74, 6) is 1.24. The third-order valence-corrected chi connectivity index (χ3v) is 8.15. The molecule has 3 fully saturated rings. The summed E-state index contributed by atoms with van der Waals surface area (Å²) in [6.45, 7) is 5.03. The minimum absolute atomic E-state index is 0.0383. The van der Waals surface area contributed by atoms with Crippen LogP contribution in [0.15, 0.2) is 42.5 Å². The van der Waals surface area contributed by atoms with Crippen molar-refractivity contribution < 1.29 is 23.5 Å². The van der Waals surface area contributed by atoms with E-state index in [-0.39, 0.29) is 29.0 Å². The molecule has 0 radical (unpaired) electrons. The van der Waals surface area contributed by atoms with E-state index in [0.717, 1.165) is 37.9 Å². The lowest BCUT2D eigenvalue weighted by Gasteiger charge is -2.36. The summed E-state index contributed by atoms with van der Waals surface area (Å²) in [5, 5.41) is 0. The Bertz CT molecular complexity index is 1120. The molecule has 192 valence electrons.